The van der Waals surface area contributed by atoms with Gasteiger partial charge in [-0.2, -0.15) is 0 Å². The first-order valence-corrected chi connectivity index (χ1v) is 14.7. The molecule has 0 unspecified atom stereocenters. The SMILES string of the molecule is c1ccc(-c2c3cccc4c5ccccc5c(c5c(-c6ccccc6)c6cccc7c8ccccc8c(c25)c67)c34)cc1. The fourth-order valence-electron chi connectivity index (χ4n) is 8.00. The van der Waals surface area contributed by atoms with Crippen molar-refractivity contribution < 1.29 is 0 Å². The number of hydrogen-bond donors (Lipinski definition) is 0. The first kappa shape index (κ1) is 22.3. The molecular weight excluding hydrogens is 504 g/mol. The largest absolute Gasteiger partial charge is 0.0622 e. The van der Waals surface area contributed by atoms with E-state index in [2.05, 4.69) is 146 Å². The summed E-state index contributed by atoms with van der Waals surface area (Å²) >= 11 is 0. The molecule has 0 heterocycles. The van der Waals surface area contributed by atoms with Gasteiger partial charge >= 0.3 is 0 Å². The summed E-state index contributed by atoms with van der Waals surface area (Å²) in [5.74, 6) is 0. The van der Waals surface area contributed by atoms with Crippen LogP contribution in [0.25, 0.3) is 97.7 Å². The molecule has 0 aliphatic carbocycles. The molecule has 0 N–H and O–H groups in total. The van der Waals surface area contributed by atoms with E-state index in [0.717, 1.165) is 0 Å². The number of benzene rings is 8. The Labute approximate surface area is 242 Å². The Morgan fingerprint density at radius 3 is 0.929 bits per heavy atom. The highest BCUT2D eigenvalue weighted by Crippen LogP contribution is 2.55. The zero-order valence-corrected chi connectivity index (χ0v) is 22.9. The predicted molar refractivity (Wildman–Crippen MR) is 182 cm³/mol. The van der Waals surface area contributed by atoms with Crippen LogP contribution in [0.1, 0.15) is 0 Å². The Hall–Kier alpha value is -5.46. The van der Waals surface area contributed by atoms with Gasteiger partial charge < -0.3 is 0 Å². The van der Waals surface area contributed by atoms with Crippen molar-refractivity contribution in [2.24, 2.45) is 0 Å². The van der Waals surface area contributed by atoms with Crippen LogP contribution in [0.3, 0.4) is 0 Å². The minimum atomic E-state index is 1.26. The molecule has 0 radical (unpaired) electrons. The summed E-state index contributed by atoms with van der Waals surface area (Å²) in [5.41, 5.74) is 5.19. The Bertz CT molecular complexity index is 2460. The van der Waals surface area contributed by atoms with Gasteiger partial charge in [-0.25, -0.2) is 0 Å². The van der Waals surface area contributed by atoms with E-state index in [0.29, 0.717) is 0 Å². The maximum atomic E-state index is 2.35. The van der Waals surface area contributed by atoms with Gasteiger partial charge in [0, 0.05) is 0 Å². The van der Waals surface area contributed by atoms with Crippen LogP contribution >= 0.6 is 0 Å². The van der Waals surface area contributed by atoms with Gasteiger partial charge in [0.15, 0.2) is 0 Å². The fraction of sp³-hybridized carbons (Fsp3) is 0. The van der Waals surface area contributed by atoms with E-state index < -0.39 is 0 Å². The van der Waals surface area contributed by atoms with Crippen LogP contribution < -0.4 is 0 Å². The van der Waals surface area contributed by atoms with E-state index in [1.165, 1.54) is 97.7 Å². The lowest BCUT2D eigenvalue weighted by Gasteiger charge is -2.20. The van der Waals surface area contributed by atoms with E-state index in [-0.39, 0.29) is 0 Å². The molecule has 0 atom stereocenters. The van der Waals surface area contributed by atoms with Gasteiger partial charge in [0.2, 0.25) is 0 Å². The molecule has 42 heavy (non-hydrogen) atoms. The maximum Gasteiger partial charge on any atom is -0.0000933 e. The number of hydrogen-bond acceptors (Lipinski definition) is 0. The molecule has 0 bridgehead atoms. The molecule has 0 fully saturated rings. The highest BCUT2D eigenvalue weighted by atomic mass is 14.3. The third kappa shape index (κ3) is 2.67. The second-order valence-electron chi connectivity index (χ2n) is 11.5. The topological polar surface area (TPSA) is 0 Å². The summed E-state index contributed by atoms with van der Waals surface area (Å²) in [6, 6.07) is 53.9. The summed E-state index contributed by atoms with van der Waals surface area (Å²) < 4.78 is 0. The third-order valence-corrected chi connectivity index (χ3v) is 9.52. The summed E-state index contributed by atoms with van der Waals surface area (Å²) in [6.45, 7) is 0. The molecule has 10 aromatic carbocycles. The molecule has 0 nitrogen and oxygen atoms in total. The van der Waals surface area contributed by atoms with E-state index in [1.807, 2.05) is 0 Å². The Morgan fingerprint density at radius 2 is 0.500 bits per heavy atom. The van der Waals surface area contributed by atoms with Crippen LogP contribution in [0.2, 0.25) is 0 Å². The van der Waals surface area contributed by atoms with Gasteiger partial charge in [-0.3, -0.25) is 0 Å². The average Bonchev–Trinajstić information content (AvgIpc) is 3.58. The molecule has 0 saturated carbocycles. The first-order valence-electron chi connectivity index (χ1n) is 14.7. The minimum Gasteiger partial charge on any atom is -0.0622 e. The lowest BCUT2D eigenvalue weighted by atomic mass is 9.82. The fourth-order valence-corrected chi connectivity index (χ4v) is 8.00. The van der Waals surface area contributed by atoms with Crippen molar-refractivity contribution in [2.45, 2.75) is 0 Å². The molecule has 0 aliphatic rings. The van der Waals surface area contributed by atoms with Crippen molar-refractivity contribution in [3.8, 4) is 22.3 Å². The zero-order valence-electron chi connectivity index (χ0n) is 22.9. The number of fused-ring (bicyclic) bond motifs is 9. The molecule has 0 amide bonds. The van der Waals surface area contributed by atoms with Crippen molar-refractivity contribution in [1.29, 1.82) is 0 Å². The van der Waals surface area contributed by atoms with Gasteiger partial charge in [-0.15, -0.1) is 0 Å². The summed E-state index contributed by atoms with van der Waals surface area (Å²) in [4.78, 5) is 0. The first-order chi connectivity index (χ1) is 20.9. The Morgan fingerprint density at radius 1 is 0.190 bits per heavy atom. The summed E-state index contributed by atoms with van der Waals surface area (Å²) in [7, 11) is 0. The van der Waals surface area contributed by atoms with Crippen molar-refractivity contribution in [3.63, 3.8) is 0 Å². The van der Waals surface area contributed by atoms with Gasteiger partial charge in [0.05, 0.1) is 0 Å². The smallest absolute Gasteiger partial charge is 0.0000933 e. The van der Waals surface area contributed by atoms with Crippen molar-refractivity contribution in [2.75, 3.05) is 0 Å². The average molecular weight is 529 g/mol. The standard InChI is InChI=1S/C42H24/c1-3-13-25(14-4-1)35-33-23-11-21-29-27-17-8-10-20-32(27)40(37(29)33)42-36(26-15-5-2-6-16-26)34-24-12-22-30-28-18-7-9-19-31(28)39(38(30)34)41(35)42/h1-24H. The molecule has 0 saturated heterocycles. The lowest BCUT2D eigenvalue weighted by molar-refractivity contribution is 1.68. The lowest BCUT2D eigenvalue weighted by Crippen LogP contribution is -1.92. The minimum absolute atomic E-state index is 1.26. The van der Waals surface area contributed by atoms with E-state index in [4.69, 9.17) is 0 Å². The second kappa shape index (κ2) is 8.06. The second-order valence-corrected chi connectivity index (χ2v) is 11.5. The molecule has 192 valence electrons. The van der Waals surface area contributed by atoms with E-state index in [1.54, 1.807) is 0 Å². The number of rotatable bonds is 2. The molecule has 0 aliphatic heterocycles. The zero-order chi connectivity index (χ0) is 27.4. The van der Waals surface area contributed by atoms with Crippen molar-refractivity contribution >= 4 is 75.4 Å². The van der Waals surface area contributed by atoms with Crippen LogP contribution in [0.5, 0.6) is 0 Å². The van der Waals surface area contributed by atoms with Gasteiger partial charge in [-0.1, -0.05) is 146 Å². The van der Waals surface area contributed by atoms with Crippen LogP contribution in [0, 0.1) is 0 Å². The van der Waals surface area contributed by atoms with Crippen LogP contribution in [-0.2, 0) is 0 Å². The van der Waals surface area contributed by atoms with E-state index >= 15 is 0 Å². The highest BCUT2D eigenvalue weighted by Gasteiger charge is 2.27. The van der Waals surface area contributed by atoms with Gasteiger partial charge in [0.1, 0.15) is 0 Å². The van der Waals surface area contributed by atoms with Gasteiger partial charge in [-0.05, 0) is 97.7 Å². The Kier molecular flexibility index (Phi) is 4.27. The molecular formula is C42H24. The van der Waals surface area contributed by atoms with Crippen LogP contribution in [0.15, 0.2) is 146 Å². The molecule has 10 rings (SSSR count). The van der Waals surface area contributed by atoms with Crippen LogP contribution in [0.4, 0.5) is 0 Å². The van der Waals surface area contributed by atoms with Gasteiger partial charge in [0.25, 0.3) is 0 Å². The maximum absolute atomic E-state index is 2.35. The third-order valence-electron chi connectivity index (χ3n) is 9.52. The normalized spacial score (nSPS) is 12.3. The van der Waals surface area contributed by atoms with E-state index in [9.17, 15) is 0 Å². The monoisotopic (exact) mass is 528 g/mol. The molecule has 0 aromatic heterocycles. The molecule has 0 heteroatoms. The van der Waals surface area contributed by atoms with Crippen molar-refractivity contribution in [3.05, 3.63) is 146 Å². The Balaban J connectivity index is 1.68. The molecule has 10 aromatic rings. The summed E-state index contributed by atoms with van der Waals surface area (Å²) in [6.07, 6.45) is 0. The quantitative estimate of drug-likeness (QED) is 0.196. The summed E-state index contributed by atoms with van der Waals surface area (Å²) in [5, 5.41) is 18.9. The van der Waals surface area contributed by atoms with Crippen molar-refractivity contribution in [1.82, 2.24) is 0 Å². The van der Waals surface area contributed by atoms with Crippen LogP contribution in [-0.4, -0.2) is 0 Å². The highest BCUT2D eigenvalue weighted by molar-refractivity contribution is 6.49. The molecule has 0 spiro atoms. The predicted octanol–water partition coefficient (Wildman–Crippen LogP) is 12.0.